The molecule has 1 rings (SSSR count). The molecule has 0 aliphatic heterocycles. The Labute approximate surface area is 104 Å². The monoisotopic (exact) mass is 240 g/mol. The van der Waals surface area contributed by atoms with Crippen LogP contribution in [0.25, 0.3) is 0 Å². The standard InChI is InChI=1S/C14H24O3/c1-10(2)13(15)17-14(11(3)4)8-6-12(16-5)7-9-14/h11-12H,1,6-9H2,2-5H3. The summed E-state index contributed by atoms with van der Waals surface area (Å²) in [5, 5.41) is 0. The van der Waals surface area contributed by atoms with Crippen molar-refractivity contribution in [1.29, 1.82) is 0 Å². The molecule has 0 N–H and O–H groups in total. The van der Waals surface area contributed by atoms with Gasteiger partial charge in [-0.2, -0.15) is 0 Å². The molecule has 3 heteroatoms. The maximum absolute atomic E-state index is 11.7. The number of rotatable bonds is 4. The lowest BCUT2D eigenvalue weighted by Crippen LogP contribution is -2.45. The summed E-state index contributed by atoms with van der Waals surface area (Å²) < 4.78 is 11.1. The van der Waals surface area contributed by atoms with Gasteiger partial charge in [0.1, 0.15) is 5.60 Å². The highest BCUT2D eigenvalue weighted by Crippen LogP contribution is 2.39. The van der Waals surface area contributed by atoms with Crippen molar-refractivity contribution < 1.29 is 14.3 Å². The highest BCUT2D eigenvalue weighted by atomic mass is 16.6. The Bertz CT molecular complexity index is 286. The maximum Gasteiger partial charge on any atom is 0.333 e. The minimum absolute atomic E-state index is 0.269. The van der Waals surface area contributed by atoms with Gasteiger partial charge in [0.25, 0.3) is 0 Å². The van der Waals surface area contributed by atoms with Gasteiger partial charge in [-0.15, -0.1) is 0 Å². The summed E-state index contributed by atoms with van der Waals surface area (Å²) in [4.78, 5) is 11.7. The fourth-order valence-corrected chi connectivity index (χ4v) is 2.38. The molecule has 98 valence electrons. The van der Waals surface area contributed by atoms with Crippen molar-refractivity contribution in [3.05, 3.63) is 12.2 Å². The van der Waals surface area contributed by atoms with E-state index in [1.807, 2.05) is 0 Å². The first-order chi connectivity index (χ1) is 7.91. The summed E-state index contributed by atoms with van der Waals surface area (Å²) in [5.74, 6) is 0.0539. The topological polar surface area (TPSA) is 35.5 Å². The number of carbonyl (C=O) groups is 1. The SMILES string of the molecule is C=C(C)C(=O)OC1(C(C)C)CCC(OC)CC1. The van der Waals surface area contributed by atoms with Crippen molar-refractivity contribution in [3.8, 4) is 0 Å². The third-order valence-corrected chi connectivity index (χ3v) is 3.81. The summed E-state index contributed by atoms with van der Waals surface area (Å²) in [7, 11) is 1.74. The molecule has 1 aliphatic carbocycles. The number of ether oxygens (including phenoxy) is 2. The zero-order valence-electron chi connectivity index (χ0n) is 11.4. The zero-order chi connectivity index (χ0) is 13.1. The quantitative estimate of drug-likeness (QED) is 0.559. The Morgan fingerprint density at radius 3 is 2.24 bits per heavy atom. The summed E-state index contributed by atoms with van der Waals surface area (Å²) in [6.45, 7) is 9.55. The maximum atomic E-state index is 11.7. The molecule has 0 atom stereocenters. The molecular formula is C14H24O3. The molecule has 0 amide bonds. The van der Waals surface area contributed by atoms with Crippen LogP contribution in [0, 0.1) is 5.92 Å². The van der Waals surface area contributed by atoms with Crippen LogP contribution in [0.4, 0.5) is 0 Å². The van der Waals surface area contributed by atoms with Crippen LogP contribution in [0.15, 0.2) is 12.2 Å². The third kappa shape index (κ3) is 3.32. The van der Waals surface area contributed by atoms with E-state index in [2.05, 4.69) is 20.4 Å². The average molecular weight is 240 g/mol. The predicted molar refractivity (Wildman–Crippen MR) is 67.7 cm³/mol. The van der Waals surface area contributed by atoms with E-state index in [9.17, 15) is 4.79 Å². The molecule has 0 spiro atoms. The lowest BCUT2D eigenvalue weighted by molar-refractivity contribution is -0.168. The second-order valence-electron chi connectivity index (χ2n) is 5.32. The van der Waals surface area contributed by atoms with Gasteiger partial charge in [-0.05, 0) is 38.5 Å². The molecule has 0 heterocycles. The molecule has 3 nitrogen and oxygen atoms in total. The van der Waals surface area contributed by atoms with Crippen LogP contribution in [-0.2, 0) is 14.3 Å². The van der Waals surface area contributed by atoms with Gasteiger partial charge in [-0.25, -0.2) is 4.79 Å². The molecule has 1 saturated carbocycles. The van der Waals surface area contributed by atoms with Crippen LogP contribution >= 0.6 is 0 Å². The summed E-state index contributed by atoms with van der Waals surface area (Å²) in [6.07, 6.45) is 3.98. The van der Waals surface area contributed by atoms with E-state index in [0.717, 1.165) is 25.7 Å². The second-order valence-corrected chi connectivity index (χ2v) is 5.32. The first kappa shape index (κ1) is 14.2. The minimum Gasteiger partial charge on any atom is -0.455 e. The normalized spacial score (nSPS) is 29.1. The van der Waals surface area contributed by atoms with Crippen LogP contribution in [-0.4, -0.2) is 24.8 Å². The fourth-order valence-electron chi connectivity index (χ4n) is 2.38. The van der Waals surface area contributed by atoms with Crippen molar-refractivity contribution in [1.82, 2.24) is 0 Å². The van der Waals surface area contributed by atoms with Gasteiger partial charge in [0.15, 0.2) is 0 Å². The Morgan fingerprint density at radius 1 is 1.35 bits per heavy atom. The Balaban J connectivity index is 2.72. The van der Waals surface area contributed by atoms with Gasteiger partial charge in [-0.3, -0.25) is 0 Å². The molecular weight excluding hydrogens is 216 g/mol. The largest absolute Gasteiger partial charge is 0.455 e. The molecule has 0 aromatic heterocycles. The Hall–Kier alpha value is -0.830. The molecule has 1 aliphatic rings. The lowest BCUT2D eigenvalue weighted by Gasteiger charge is -2.42. The zero-order valence-corrected chi connectivity index (χ0v) is 11.4. The Kier molecular flexibility index (Phi) is 4.75. The van der Waals surface area contributed by atoms with Crippen LogP contribution in [0.3, 0.4) is 0 Å². The highest BCUT2D eigenvalue weighted by Gasteiger charge is 2.41. The van der Waals surface area contributed by atoms with Gasteiger partial charge in [0.05, 0.1) is 6.10 Å². The van der Waals surface area contributed by atoms with E-state index in [4.69, 9.17) is 9.47 Å². The molecule has 0 unspecified atom stereocenters. The number of hydrogen-bond acceptors (Lipinski definition) is 3. The predicted octanol–water partition coefficient (Wildman–Crippen LogP) is 3.09. The fraction of sp³-hybridized carbons (Fsp3) is 0.786. The van der Waals surface area contributed by atoms with Crippen molar-refractivity contribution in [2.24, 2.45) is 5.92 Å². The van der Waals surface area contributed by atoms with E-state index in [-0.39, 0.29) is 11.6 Å². The number of methoxy groups -OCH3 is 1. The summed E-state index contributed by atoms with van der Waals surface area (Å²) in [6, 6.07) is 0. The van der Waals surface area contributed by atoms with Crippen molar-refractivity contribution in [2.75, 3.05) is 7.11 Å². The van der Waals surface area contributed by atoms with Crippen molar-refractivity contribution in [2.45, 2.75) is 58.2 Å². The van der Waals surface area contributed by atoms with Crippen molar-refractivity contribution >= 4 is 5.97 Å². The van der Waals surface area contributed by atoms with Crippen LogP contribution in [0.2, 0.25) is 0 Å². The van der Waals surface area contributed by atoms with E-state index in [0.29, 0.717) is 17.6 Å². The third-order valence-electron chi connectivity index (χ3n) is 3.81. The van der Waals surface area contributed by atoms with Crippen LogP contribution in [0.5, 0.6) is 0 Å². The molecule has 0 radical (unpaired) electrons. The summed E-state index contributed by atoms with van der Waals surface area (Å²) >= 11 is 0. The molecule has 0 aromatic carbocycles. The molecule has 0 saturated heterocycles. The first-order valence-corrected chi connectivity index (χ1v) is 6.33. The Morgan fingerprint density at radius 2 is 1.88 bits per heavy atom. The molecule has 0 aromatic rings. The second kappa shape index (κ2) is 5.67. The van der Waals surface area contributed by atoms with E-state index < -0.39 is 0 Å². The van der Waals surface area contributed by atoms with E-state index >= 15 is 0 Å². The van der Waals surface area contributed by atoms with Crippen LogP contribution in [0.1, 0.15) is 46.5 Å². The van der Waals surface area contributed by atoms with Gasteiger partial charge >= 0.3 is 5.97 Å². The van der Waals surface area contributed by atoms with Crippen molar-refractivity contribution in [3.63, 3.8) is 0 Å². The van der Waals surface area contributed by atoms with Gasteiger partial charge in [-0.1, -0.05) is 20.4 Å². The number of hydrogen-bond donors (Lipinski definition) is 0. The van der Waals surface area contributed by atoms with E-state index in [1.165, 1.54) is 0 Å². The highest BCUT2D eigenvalue weighted by molar-refractivity contribution is 5.87. The average Bonchev–Trinajstić information content (AvgIpc) is 2.29. The number of esters is 1. The molecule has 1 fully saturated rings. The van der Waals surface area contributed by atoms with Gasteiger partial charge < -0.3 is 9.47 Å². The number of carbonyl (C=O) groups excluding carboxylic acids is 1. The molecule has 17 heavy (non-hydrogen) atoms. The molecule has 0 bridgehead atoms. The smallest absolute Gasteiger partial charge is 0.333 e. The van der Waals surface area contributed by atoms with Gasteiger partial charge in [0.2, 0.25) is 0 Å². The minimum atomic E-state index is -0.328. The lowest BCUT2D eigenvalue weighted by atomic mass is 9.76. The first-order valence-electron chi connectivity index (χ1n) is 6.33. The van der Waals surface area contributed by atoms with Gasteiger partial charge in [0, 0.05) is 12.7 Å². The van der Waals surface area contributed by atoms with Crippen LogP contribution < -0.4 is 0 Å². The van der Waals surface area contributed by atoms with E-state index in [1.54, 1.807) is 14.0 Å². The summed E-state index contributed by atoms with van der Waals surface area (Å²) in [5.41, 5.74) is 0.143.